The van der Waals surface area contributed by atoms with E-state index in [0.29, 0.717) is 29.1 Å². The molecule has 2 heterocycles. The van der Waals surface area contributed by atoms with Gasteiger partial charge in [-0.05, 0) is 25.5 Å². The van der Waals surface area contributed by atoms with Gasteiger partial charge in [0, 0.05) is 11.6 Å². The summed E-state index contributed by atoms with van der Waals surface area (Å²) < 4.78 is 5.59. The van der Waals surface area contributed by atoms with Gasteiger partial charge in [-0.25, -0.2) is 4.98 Å². The van der Waals surface area contributed by atoms with Crippen LogP contribution in [-0.4, -0.2) is 29.3 Å². The van der Waals surface area contributed by atoms with Gasteiger partial charge < -0.3 is 15.2 Å². The van der Waals surface area contributed by atoms with Crippen LogP contribution in [0.3, 0.4) is 0 Å². The number of hydrogen-bond acceptors (Lipinski definition) is 4. The molecule has 0 bridgehead atoms. The van der Waals surface area contributed by atoms with Crippen molar-refractivity contribution in [2.45, 2.75) is 25.5 Å². The number of pyridine rings is 1. The summed E-state index contributed by atoms with van der Waals surface area (Å²) in [6, 6.07) is 2.15. The molecular weight excluding hydrogens is 228 g/mol. The monoisotopic (exact) mass is 242 g/mol. The van der Waals surface area contributed by atoms with Crippen LogP contribution < -0.4 is 10.1 Å². The Kier molecular flexibility index (Phi) is 3.98. The third-order valence-corrected chi connectivity index (χ3v) is 3.01. The summed E-state index contributed by atoms with van der Waals surface area (Å²) in [6.07, 6.45) is 3.93. The number of nitrogens with zero attached hydrogens (tertiary/aromatic N) is 1. The van der Waals surface area contributed by atoms with Gasteiger partial charge in [-0.2, -0.15) is 0 Å². The van der Waals surface area contributed by atoms with Gasteiger partial charge in [-0.3, -0.25) is 0 Å². The maximum Gasteiger partial charge on any atom is 0.138 e. The van der Waals surface area contributed by atoms with Crippen LogP contribution in [0.1, 0.15) is 18.4 Å². The molecule has 1 aromatic heterocycles. The molecule has 0 amide bonds. The number of rotatable bonds is 4. The Morgan fingerprint density at radius 2 is 2.50 bits per heavy atom. The summed E-state index contributed by atoms with van der Waals surface area (Å²) in [5, 5.41) is 12.7. The molecule has 0 saturated carbocycles. The number of hydrogen-bond donors (Lipinski definition) is 2. The Bertz CT molecular complexity index is 354. The van der Waals surface area contributed by atoms with E-state index >= 15 is 0 Å². The number of nitrogens with one attached hydrogen (secondary N) is 1. The highest BCUT2D eigenvalue weighted by molar-refractivity contribution is 6.30. The van der Waals surface area contributed by atoms with Crippen LogP contribution in [0.2, 0.25) is 5.15 Å². The second-order valence-electron chi connectivity index (χ2n) is 3.88. The first kappa shape index (κ1) is 11.6. The molecule has 5 heteroatoms. The van der Waals surface area contributed by atoms with Crippen LogP contribution in [0.15, 0.2) is 12.3 Å². The number of aliphatic hydroxyl groups is 1. The molecule has 1 atom stereocenters. The maximum atomic E-state index is 9.03. The minimum atomic E-state index is -0.120. The largest absolute Gasteiger partial charge is 0.490 e. The second kappa shape index (κ2) is 5.48. The highest BCUT2D eigenvalue weighted by Crippen LogP contribution is 2.19. The first-order valence-electron chi connectivity index (χ1n) is 5.41. The lowest BCUT2D eigenvalue weighted by Gasteiger charge is -2.12. The van der Waals surface area contributed by atoms with Gasteiger partial charge in [-0.15, -0.1) is 0 Å². The smallest absolute Gasteiger partial charge is 0.138 e. The zero-order valence-electron chi connectivity index (χ0n) is 8.95. The van der Waals surface area contributed by atoms with E-state index in [0.717, 1.165) is 13.0 Å². The first-order chi connectivity index (χ1) is 7.79. The van der Waals surface area contributed by atoms with Crippen molar-refractivity contribution in [3.8, 4) is 5.75 Å². The third kappa shape index (κ3) is 2.84. The fourth-order valence-corrected chi connectivity index (χ4v) is 1.92. The summed E-state index contributed by atoms with van der Waals surface area (Å²) in [5.41, 5.74) is 0.596. The van der Waals surface area contributed by atoms with E-state index in [4.69, 9.17) is 21.4 Å². The highest BCUT2D eigenvalue weighted by atomic mass is 35.5. The van der Waals surface area contributed by atoms with Gasteiger partial charge in [0.05, 0.1) is 12.8 Å². The van der Waals surface area contributed by atoms with Crippen molar-refractivity contribution in [2.24, 2.45) is 0 Å². The molecular formula is C11H15ClN2O2. The van der Waals surface area contributed by atoms with Gasteiger partial charge >= 0.3 is 0 Å². The molecule has 0 aromatic carbocycles. The Labute approximate surface area is 99.6 Å². The van der Waals surface area contributed by atoms with Gasteiger partial charge in [0.25, 0.3) is 0 Å². The van der Waals surface area contributed by atoms with Crippen LogP contribution in [0, 0.1) is 0 Å². The number of ether oxygens (including phenoxy) is 1. The zero-order chi connectivity index (χ0) is 11.4. The van der Waals surface area contributed by atoms with Crippen molar-refractivity contribution in [3.63, 3.8) is 0 Å². The van der Waals surface area contributed by atoms with Crippen molar-refractivity contribution >= 4 is 11.6 Å². The van der Waals surface area contributed by atoms with Crippen molar-refractivity contribution in [1.29, 1.82) is 0 Å². The van der Waals surface area contributed by atoms with E-state index in [1.54, 1.807) is 12.3 Å². The molecule has 1 aromatic rings. The lowest BCUT2D eigenvalue weighted by Crippen LogP contribution is -2.28. The molecule has 1 aliphatic heterocycles. The van der Waals surface area contributed by atoms with Crippen molar-refractivity contribution in [2.75, 3.05) is 13.2 Å². The average Bonchev–Trinajstić information content (AvgIpc) is 2.81. The number of halogens is 1. The van der Waals surface area contributed by atoms with Gasteiger partial charge in [0.2, 0.25) is 0 Å². The van der Waals surface area contributed by atoms with E-state index in [-0.39, 0.29) is 6.61 Å². The van der Waals surface area contributed by atoms with Crippen molar-refractivity contribution < 1.29 is 9.84 Å². The van der Waals surface area contributed by atoms with Crippen LogP contribution in [0.5, 0.6) is 5.75 Å². The fourth-order valence-electron chi connectivity index (χ4n) is 1.76. The quantitative estimate of drug-likeness (QED) is 0.783. The van der Waals surface area contributed by atoms with Crippen LogP contribution in [0.4, 0.5) is 0 Å². The van der Waals surface area contributed by atoms with Gasteiger partial charge in [0.15, 0.2) is 0 Å². The van der Waals surface area contributed by atoms with Crippen LogP contribution in [0.25, 0.3) is 0 Å². The predicted octanol–water partition coefficient (Wildman–Crippen LogP) is 1.36. The third-order valence-electron chi connectivity index (χ3n) is 2.67. The summed E-state index contributed by atoms with van der Waals surface area (Å²) in [6.45, 7) is 1.58. The average molecular weight is 243 g/mol. The molecule has 0 spiro atoms. The van der Waals surface area contributed by atoms with Gasteiger partial charge in [0.1, 0.15) is 17.5 Å². The molecule has 2 rings (SSSR count). The van der Waals surface area contributed by atoms with E-state index in [2.05, 4.69) is 10.3 Å². The Balaban J connectivity index is 1.93. The van der Waals surface area contributed by atoms with Crippen LogP contribution in [-0.2, 0) is 6.61 Å². The normalized spacial score (nSPS) is 20.0. The molecule has 1 saturated heterocycles. The topological polar surface area (TPSA) is 54.4 Å². The predicted molar refractivity (Wildman–Crippen MR) is 61.7 cm³/mol. The molecule has 0 aliphatic carbocycles. The summed E-state index contributed by atoms with van der Waals surface area (Å²) in [5.74, 6) is 0.655. The maximum absolute atomic E-state index is 9.03. The minimum Gasteiger partial charge on any atom is -0.490 e. The Hall–Kier alpha value is -0.840. The molecule has 88 valence electrons. The SMILES string of the molecule is OCc1cc(OC[C@@H]2CCCN2)cnc1Cl. The fraction of sp³-hybridized carbons (Fsp3) is 0.545. The summed E-state index contributed by atoms with van der Waals surface area (Å²) >= 11 is 5.78. The molecule has 1 fully saturated rings. The summed E-state index contributed by atoms with van der Waals surface area (Å²) in [7, 11) is 0. The molecule has 16 heavy (non-hydrogen) atoms. The highest BCUT2D eigenvalue weighted by Gasteiger charge is 2.14. The van der Waals surface area contributed by atoms with E-state index < -0.39 is 0 Å². The minimum absolute atomic E-state index is 0.120. The van der Waals surface area contributed by atoms with E-state index in [1.807, 2.05) is 0 Å². The molecule has 4 nitrogen and oxygen atoms in total. The molecule has 1 aliphatic rings. The van der Waals surface area contributed by atoms with E-state index in [1.165, 1.54) is 6.42 Å². The lowest BCUT2D eigenvalue weighted by molar-refractivity contribution is 0.268. The number of aromatic nitrogens is 1. The van der Waals surface area contributed by atoms with E-state index in [9.17, 15) is 0 Å². The van der Waals surface area contributed by atoms with Crippen molar-refractivity contribution in [3.05, 3.63) is 23.0 Å². The standard InChI is InChI=1S/C11H15ClN2O2/c12-11-8(6-15)4-10(5-14-11)16-7-9-2-1-3-13-9/h4-5,9,13,15H,1-3,6-7H2/t9-/m0/s1. The second-order valence-corrected chi connectivity index (χ2v) is 4.24. The first-order valence-corrected chi connectivity index (χ1v) is 5.79. The molecule has 2 N–H and O–H groups in total. The molecule has 0 radical (unpaired) electrons. The Morgan fingerprint density at radius 1 is 1.62 bits per heavy atom. The van der Waals surface area contributed by atoms with Crippen molar-refractivity contribution in [1.82, 2.24) is 10.3 Å². The summed E-state index contributed by atoms with van der Waals surface area (Å²) in [4.78, 5) is 3.96. The van der Waals surface area contributed by atoms with Gasteiger partial charge in [-0.1, -0.05) is 11.6 Å². The zero-order valence-corrected chi connectivity index (χ0v) is 9.70. The Morgan fingerprint density at radius 3 is 3.19 bits per heavy atom. The number of aliphatic hydroxyl groups excluding tert-OH is 1. The van der Waals surface area contributed by atoms with Crippen LogP contribution >= 0.6 is 11.6 Å². The lowest BCUT2D eigenvalue weighted by atomic mass is 10.2. The molecule has 0 unspecified atom stereocenters.